The van der Waals surface area contributed by atoms with Gasteiger partial charge in [0.15, 0.2) is 8.32 Å². The van der Waals surface area contributed by atoms with Gasteiger partial charge in [-0.25, -0.2) is 18.1 Å². The molecule has 6 nitrogen and oxygen atoms in total. The lowest BCUT2D eigenvalue weighted by Crippen LogP contribution is -2.53. The molecule has 10 heteroatoms. The highest BCUT2D eigenvalue weighted by Crippen LogP contribution is 2.40. The molecule has 1 saturated heterocycles. The third kappa shape index (κ3) is 6.72. The van der Waals surface area contributed by atoms with Gasteiger partial charge >= 0.3 is 0 Å². The molecule has 36 heavy (non-hydrogen) atoms. The molecule has 0 spiro atoms. The van der Waals surface area contributed by atoms with Crippen molar-refractivity contribution < 1.29 is 17.6 Å². The molecule has 1 fully saturated rings. The first kappa shape index (κ1) is 29.2. The number of amidine groups is 1. The van der Waals surface area contributed by atoms with Crippen LogP contribution in [0.5, 0.6) is 0 Å². The van der Waals surface area contributed by atoms with E-state index in [0.717, 1.165) is 10.0 Å². The number of nitrogens with one attached hydrogen (secondary N) is 1. The van der Waals surface area contributed by atoms with Crippen molar-refractivity contribution in [3.8, 4) is 0 Å². The first-order valence-corrected chi connectivity index (χ1v) is 17.6. The Kier molecular flexibility index (Phi) is 8.72. The summed E-state index contributed by atoms with van der Waals surface area (Å²) in [6.07, 6.45) is 0.529. The van der Waals surface area contributed by atoms with Crippen LogP contribution in [-0.4, -0.2) is 35.0 Å². The van der Waals surface area contributed by atoms with Gasteiger partial charge in [0.2, 0.25) is 10.0 Å². The lowest BCUT2D eigenvalue weighted by atomic mass is 9.97. The fourth-order valence-electron chi connectivity index (χ4n) is 3.97. The van der Waals surface area contributed by atoms with Crippen LogP contribution in [-0.2, 0) is 19.2 Å². The predicted molar refractivity (Wildman–Crippen MR) is 153 cm³/mol. The first-order valence-electron chi connectivity index (χ1n) is 12.0. The molecule has 0 aliphatic carbocycles. The summed E-state index contributed by atoms with van der Waals surface area (Å²) in [7, 11) is -5.79. The second kappa shape index (κ2) is 10.8. The Bertz CT molecular complexity index is 1210. The quantitative estimate of drug-likeness (QED) is 0.330. The fraction of sp³-hybridized carbons (Fsp3) is 0.500. The zero-order valence-corrected chi connectivity index (χ0v) is 26.1. The number of benzene rings is 2. The van der Waals surface area contributed by atoms with E-state index in [1.807, 2.05) is 30.3 Å². The summed E-state index contributed by atoms with van der Waals surface area (Å²) in [5.41, 5.74) is 0.376. The Morgan fingerprint density at radius 1 is 1.17 bits per heavy atom. The van der Waals surface area contributed by atoms with Crippen LogP contribution in [0.15, 0.2) is 58.0 Å². The minimum Gasteiger partial charge on any atom is -0.457 e. The van der Waals surface area contributed by atoms with Crippen molar-refractivity contribution in [2.75, 3.05) is 6.61 Å². The highest BCUT2D eigenvalue weighted by atomic mass is 79.9. The van der Waals surface area contributed by atoms with Crippen molar-refractivity contribution in [1.82, 2.24) is 4.72 Å². The van der Waals surface area contributed by atoms with Gasteiger partial charge in [-0.3, -0.25) is 0 Å². The standard InChI is InChI=1S/C26H36BrClN2O4SSi/c1-25(2,3)36(6,7)33-17-16-22(20-10-8-9-11-21(20)28)29-24-30-35(31,32)23(26(4,5)34-24)18-12-14-19(27)15-13-18/h8-15,22-23H,16-17H2,1-7H3,(H,29,30). The largest absolute Gasteiger partial charge is 0.457 e. The van der Waals surface area contributed by atoms with Gasteiger partial charge in [-0.15, -0.1) is 0 Å². The molecular weight excluding hydrogens is 580 g/mol. The molecule has 2 aromatic carbocycles. The maximum atomic E-state index is 13.4. The summed E-state index contributed by atoms with van der Waals surface area (Å²) in [6, 6.07) is 14.2. The van der Waals surface area contributed by atoms with Crippen molar-refractivity contribution >= 4 is 51.9 Å². The molecule has 1 aliphatic heterocycles. The molecule has 198 valence electrons. The van der Waals surface area contributed by atoms with E-state index >= 15 is 0 Å². The Morgan fingerprint density at radius 3 is 2.33 bits per heavy atom. The molecule has 2 atom stereocenters. The van der Waals surface area contributed by atoms with Crippen LogP contribution in [0.2, 0.25) is 23.2 Å². The monoisotopic (exact) mass is 614 g/mol. The molecule has 2 aromatic rings. The molecule has 0 radical (unpaired) electrons. The normalized spacial score (nSPS) is 21.5. The van der Waals surface area contributed by atoms with E-state index in [2.05, 4.69) is 54.5 Å². The number of ether oxygens (including phenoxy) is 1. The summed E-state index contributed by atoms with van der Waals surface area (Å²) in [5, 5.41) is -0.268. The van der Waals surface area contributed by atoms with Crippen LogP contribution >= 0.6 is 27.5 Å². The van der Waals surface area contributed by atoms with Crippen LogP contribution in [0.4, 0.5) is 0 Å². The third-order valence-corrected chi connectivity index (χ3v) is 14.2. The van der Waals surface area contributed by atoms with Crippen LogP contribution in [0.25, 0.3) is 0 Å². The molecule has 1 aliphatic rings. The lowest BCUT2D eigenvalue weighted by Gasteiger charge is -2.39. The van der Waals surface area contributed by atoms with Gasteiger partial charge in [0.25, 0.3) is 6.02 Å². The van der Waals surface area contributed by atoms with E-state index in [-0.39, 0.29) is 11.1 Å². The second-order valence-electron chi connectivity index (χ2n) is 11.2. The van der Waals surface area contributed by atoms with Gasteiger partial charge in [0.05, 0.1) is 6.04 Å². The minimum absolute atomic E-state index is 0.0365. The van der Waals surface area contributed by atoms with Crippen molar-refractivity contribution in [1.29, 1.82) is 0 Å². The zero-order chi connectivity index (χ0) is 26.9. The van der Waals surface area contributed by atoms with Gasteiger partial charge in [0.1, 0.15) is 10.9 Å². The molecule has 0 amide bonds. The topological polar surface area (TPSA) is 77.0 Å². The molecule has 0 bridgehead atoms. The number of hydrogen-bond acceptors (Lipinski definition) is 5. The lowest BCUT2D eigenvalue weighted by molar-refractivity contribution is 0.0759. The van der Waals surface area contributed by atoms with Crippen molar-refractivity contribution in [3.05, 3.63) is 69.2 Å². The molecule has 1 heterocycles. The van der Waals surface area contributed by atoms with Gasteiger partial charge in [-0.1, -0.05) is 78.6 Å². The van der Waals surface area contributed by atoms with Crippen molar-refractivity contribution in [2.24, 2.45) is 4.99 Å². The number of aliphatic imine (C=N–C) groups is 1. The summed E-state index contributed by atoms with van der Waals surface area (Å²) < 4.78 is 42.8. The van der Waals surface area contributed by atoms with Gasteiger partial charge < -0.3 is 9.16 Å². The molecule has 2 unspecified atom stereocenters. The van der Waals surface area contributed by atoms with E-state index in [4.69, 9.17) is 25.8 Å². The Balaban J connectivity index is 1.92. The average molecular weight is 616 g/mol. The molecule has 0 aromatic heterocycles. The molecule has 0 saturated carbocycles. The van der Waals surface area contributed by atoms with Crippen LogP contribution < -0.4 is 4.72 Å². The Morgan fingerprint density at radius 2 is 1.78 bits per heavy atom. The zero-order valence-electron chi connectivity index (χ0n) is 21.9. The minimum atomic E-state index is -3.83. The van der Waals surface area contributed by atoms with Crippen molar-refractivity contribution in [2.45, 2.75) is 76.1 Å². The predicted octanol–water partition coefficient (Wildman–Crippen LogP) is 7.38. The summed E-state index contributed by atoms with van der Waals surface area (Å²) in [4.78, 5) is 4.73. The highest BCUT2D eigenvalue weighted by Gasteiger charge is 2.48. The van der Waals surface area contributed by atoms with Crippen LogP contribution in [0, 0.1) is 0 Å². The first-order chi connectivity index (χ1) is 16.5. The van der Waals surface area contributed by atoms with E-state index < -0.39 is 35.2 Å². The van der Waals surface area contributed by atoms with Crippen LogP contribution in [0.1, 0.15) is 63.5 Å². The average Bonchev–Trinajstić information content (AvgIpc) is 2.72. The number of nitrogens with zero attached hydrogens (tertiary/aromatic N) is 1. The van der Waals surface area contributed by atoms with Crippen LogP contribution in [0.3, 0.4) is 0 Å². The number of rotatable bonds is 7. The van der Waals surface area contributed by atoms with E-state index in [0.29, 0.717) is 23.6 Å². The summed E-state index contributed by atoms with van der Waals surface area (Å²) >= 11 is 9.92. The number of hydrogen-bond donors (Lipinski definition) is 1. The maximum absolute atomic E-state index is 13.4. The second-order valence-corrected chi connectivity index (χ2v) is 19.1. The number of halogens is 2. The van der Waals surface area contributed by atoms with Gasteiger partial charge in [-0.2, -0.15) is 0 Å². The number of sulfonamides is 1. The summed E-state index contributed by atoms with van der Waals surface area (Å²) in [5.74, 6) is 0. The van der Waals surface area contributed by atoms with Gasteiger partial charge in [-0.05, 0) is 67.7 Å². The fourth-order valence-corrected chi connectivity index (χ4v) is 7.32. The van der Waals surface area contributed by atoms with E-state index in [1.54, 1.807) is 32.0 Å². The van der Waals surface area contributed by atoms with Crippen molar-refractivity contribution in [3.63, 3.8) is 0 Å². The SMILES string of the molecule is CC1(C)OC(=NC(CCO[Si](C)(C)C(C)(C)C)c2ccccc2Cl)NS(=O)(=O)C1c1ccc(Br)cc1. The highest BCUT2D eigenvalue weighted by molar-refractivity contribution is 9.10. The van der Waals surface area contributed by atoms with Gasteiger partial charge in [0, 0.05) is 16.1 Å². The Hall–Kier alpha value is -1.39. The third-order valence-electron chi connectivity index (χ3n) is 6.90. The van der Waals surface area contributed by atoms with E-state index in [1.165, 1.54) is 0 Å². The summed E-state index contributed by atoms with van der Waals surface area (Å²) in [6.45, 7) is 15.0. The molecular formula is C26H36BrClN2O4SSi. The maximum Gasteiger partial charge on any atom is 0.299 e. The Labute approximate surface area is 230 Å². The molecule has 3 rings (SSSR count). The smallest absolute Gasteiger partial charge is 0.299 e. The van der Waals surface area contributed by atoms with E-state index in [9.17, 15) is 8.42 Å². The molecule has 1 N–H and O–H groups in total.